The Kier molecular flexibility index (Phi) is 8.72. The van der Waals surface area contributed by atoms with E-state index in [1.54, 1.807) is 20.8 Å². The summed E-state index contributed by atoms with van der Waals surface area (Å²) in [6.07, 6.45) is -1.45. The van der Waals surface area contributed by atoms with E-state index in [2.05, 4.69) is 10.6 Å². The highest BCUT2D eigenvalue weighted by Gasteiger charge is 2.24. The number of nitrogens with one attached hydrogen (secondary N) is 2. The molecular formula is C20H32N2O5. The van der Waals surface area contributed by atoms with E-state index in [0.29, 0.717) is 13.1 Å². The largest absolute Gasteiger partial charge is 0.458 e. The molecule has 0 bridgehead atoms. The van der Waals surface area contributed by atoms with E-state index in [9.17, 15) is 14.7 Å². The summed E-state index contributed by atoms with van der Waals surface area (Å²) in [5, 5.41) is 15.7. The van der Waals surface area contributed by atoms with Crippen molar-refractivity contribution >= 4 is 12.1 Å². The van der Waals surface area contributed by atoms with Gasteiger partial charge in [0.15, 0.2) is 6.10 Å². The zero-order valence-corrected chi connectivity index (χ0v) is 16.9. The number of alkyl carbamates (subject to hydrolysis) is 1. The Balaban J connectivity index is 2.26. The molecule has 1 atom stereocenters. The average Bonchev–Trinajstić information content (AvgIpc) is 2.55. The Morgan fingerprint density at radius 2 is 1.74 bits per heavy atom. The molecule has 152 valence electrons. The maximum absolute atomic E-state index is 11.9. The van der Waals surface area contributed by atoms with Crippen molar-refractivity contribution in [3.05, 3.63) is 35.9 Å². The van der Waals surface area contributed by atoms with Crippen molar-refractivity contribution in [1.29, 1.82) is 0 Å². The molecule has 7 nitrogen and oxygen atoms in total. The number of hydrogen-bond donors (Lipinski definition) is 3. The van der Waals surface area contributed by atoms with Gasteiger partial charge in [0, 0.05) is 6.54 Å². The summed E-state index contributed by atoms with van der Waals surface area (Å²) in [5.41, 5.74) is -0.262. The molecule has 1 amide bonds. The van der Waals surface area contributed by atoms with Crippen LogP contribution < -0.4 is 10.6 Å². The molecule has 0 heterocycles. The van der Waals surface area contributed by atoms with Gasteiger partial charge in [-0.3, -0.25) is 0 Å². The second-order valence-electron chi connectivity index (χ2n) is 8.09. The first kappa shape index (κ1) is 22.9. The molecule has 0 spiro atoms. The van der Waals surface area contributed by atoms with Gasteiger partial charge in [-0.1, -0.05) is 30.3 Å². The summed E-state index contributed by atoms with van der Waals surface area (Å²) in [4.78, 5) is 23.6. The van der Waals surface area contributed by atoms with Crippen molar-refractivity contribution in [3.63, 3.8) is 0 Å². The lowest BCUT2D eigenvalue weighted by molar-refractivity contribution is -0.165. The topological polar surface area (TPSA) is 96.9 Å². The van der Waals surface area contributed by atoms with Gasteiger partial charge in [-0.15, -0.1) is 0 Å². The van der Waals surface area contributed by atoms with E-state index in [4.69, 9.17) is 9.47 Å². The zero-order valence-electron chi connectivity index (χ0n) is 16.9. The van der Waals surface area contributed by atoms with E-state index in [0.717, 1.165) is 5.56 Å². The van der Waals surface area contributed by atoms with Crippen LogP contribution in [0.25, 0.3) is 0 Å². The predicted octanol–water partition coefficient (Wildman–Crippen LogP) is 2.37. The molecule has 1 aromatic rings. The minimum Gasteiger partial charge on any atom is -0.458 e. The second-order valence-corrected chi connectivity index (χ2v) is 8.09. The van der Waals surface area contributed by atoms with Crippen LogP contribution in [0.1, 0.15) is 46.6 Å². The number of ether oxygens (including phenoxy) is 2. The Bertz CT molecular complexity index is 596. The van der Waals surface area contributed by atoms with Crippen molar-refractivity contribution < 1.29 is 24.2 Å². The molecule has 0 fully saturated rings. The zero-order chi connectivity index (χ0) is 20.5. The third-order valence-corrected chi connectivity index (χ3v) is 3.49. The number of hydrogen-bond acceptors (Lipinski definition) is 6. The molecule has 0 radical (unpaired) electrons. The number of rotatable bonds is 9. The van der Waals surface area contributed by atoms with E-state index < -0.39 is 29.3 Å². The van der Waals surface area contributed by atoms with Gasteiger partial charge in [-0.05, 0) is 53.1 Å². The highest BCUT2D eigenvalue weighted by Crippen LogP contribution is 2.09. The van der Waals surface area contributed by atoms with E-state index >= 15 is 0 Å². The maximum atomic E-state index is 11.9. The third kappa shape index (κ3) is 10.6. The lowest BCUT2D eigenvalue weighted by atomic mass is 10.1. The summed E-state index contributed by atoms with van der Waals surface area (Å²) in [5.74, 6) is -0.633. The van der Waals surface area contributed by atoms with Crippen LogP contribution in [0, 0.1) is 0 Å². The number of amides is 1. The molecule has 1 rings (SSSR count). The number of benzene rings is 1. The fourth-order valence-electron chi connectivity index (χ4n) is 2.21. The molecule has 0 aliphatic heterocycles. The van der Waals surface area contributed by atoms with Crippen LogP contribution in [0.3, 0.4) is 0 Å². The Labute approximate surface area is 161 Å². The molecule has 0 aliphatic rings. The van der Waals surface area contributed by atoms with Crippen LogP contribution >= 0.6 is 0 Å². The minimum atomic E-state index is -1.18. The van der Waals surface area contributed by atoms with Crippen LogP contribution in [0.2, 0.25) is 0 Å². The van der Waals surface area contributed by atoms with Gasteiger partial charge in [0.1, 0.15) is 12.2 Å². The molecular weight excluding hydrogens is 348 g/mol. The maximum Gasteiger partial charge on any atom is 0.407 e. The fourth-order valence-corrected chi connectivity index (χ4v) is 2.21. The number of carbonyl (C=O) groups excluding carboxylic acids is 2. The average molecular weight is 380 g/mol. The third-order valence-electron chi connectivity index (χ3n) is 3.49. The van der Waals surface area contributed by atoms with Gasteiger partial charge in [-0.25, -0.2) is 9.59 Å². The first-order chi connectivity index (χ1) is 12.5. The standard InChI is InChI=1S/C20H32N2O5/c1-19(2,3)27-17(24)16(23)11-12-21-14-20(4,5)22-18(25)26-13-15-9-7-6-8-10-15/h6-10,16,21,23H,11-14H2,1-5H3,(H,22,25). The normalized spacial score (nSPS) is 13.0. The highest BCUT2D eigenvalue weighted by molar-refractivity contribution is 5.74. The Morgan fingerprint density at radius 1 is 1.11 bits per heavy atom. The summed E-state index contributed by atoms with van der Waals surface area (Å²) >= 11 is 0. The lowest BCUT2D eigenvalue weighted by Crippen LogP contribution is -2.50. The fraction of sp³-hybridized carbons (Fsp3) is 0.600. The first-order valence-corrected chi connectivity index (χ1v) is 9.09. The number of aliphatic hydroxyl groups excluding tert-OH is 1. The summed E-state index contributed by atoms with van der Waals surface area (Å²) in [6.45, 7) is 10.0. The number of carbonyl (C=O) groups is 2. The molecule has 7 heteroatoms. The molecule has 0 saturated heterocycles. The van der Waals surface area contributed by atoms with Crippen molar-refractivity contribution in [3.8, 4) is 0 Å². The Hall–Kier alpha value is -2.12. The minimum absolute atomic E-state index is 0.207. The lowest BCUT2D eigenvalue weighted by Gasteiger charge is -2.26. The second kappa shape index (κ2) is 10.3. The molecule has 0 aliphatic carbocycles. The molecule has 1 unspecified atom stereocenters. The van der Waals surface area contributed by atoms with Crippen LogP contribution in [0.5, 0.6) is 0 Å². The van der Waals surface area contributed by atoms with E-state index in [-0.39, 0.29) is 13.0 Å². The smallest absolute Gasteiger partial charge is 0.407 e. The van der Waals surface area contributed by atoms with Gasteiger partial charge < -0.3 is 25.2 Å². The quantitative estimate of drug-likeness (QED) is 0.450. The van der Waals surface area contributed by atoms with Crippen molar-refractivity contribution in [2.75, 3.05) is 13.1 Å². The Morgan fingerprint density at radius 3 is 2.33 bits per heavy atom. The number of aliphatic hydroxyl groups is 1. The monoisotopic (exact) mass is 380 g/mol. The van der Waals surface area contributed by atoms with Crippen LogP contribution in [-0.4, -0.2) is 47.5 Å². The van der Waals surface area contributed by atoms with Crippen LogP contribution in [0.4, 0.5) is 4.79 Å². The summed E-state index contributed by atoms with van der Waals surface area (Å²) in [6, 6.07) is 9.44. The predicted molar refractivity (Wildman–Crippen MR) is 103 cm³/mol. The SMILES string of the molecule is CC(C)(CNCCC(O)C(=O)OC(C)(C)C)NC(=O)OCc1ccccc1. The molecule has 0 saturated carbocycles. The van der Waals surface area contributed by atoms with Gasteiger partial charge in [-0.2, -0.15) is 0 Å². The van der Waals surface area contributed by atoms with Gasteiger partial charge in [0.25, 0.3) is 0 Å². The molecule has 1 aromatic carbocycles. The van der Waals surface area contributed by atoms with Crippen molar-refractivity contribution in [2.24, 2.45) is 0 Å². The van der Waals surface area contributed by atoms with Crippen LogP contribution in [0.15, 0.2) is 30.3 Å². The summed E-state index contributed by atoms with van der Waals surface area (Å²) < 4.78 is 10.3. The molecule has 27 heavy (non-hydrogen) atoms. The van der Waals surface area contributed by atoms with Crippen molar-refractivity contribution in [1.82, 2.24) is 10.6 Å². The van der Waals surface area contributed by atoms with Crippen LogP contribution in [-0.2, 0) is 20.9 Å². The first-order valence-electron chi connectivity index (χ1n) is 9.09. The number of esters is 1. The van der Waals surface area contributed by atoms with Gasteiger partial charge in [0.2, 0.25) is 0 Å². The summed E-state index contributed by atoms with van der Waals surface area (Å²) in [7, 11) is 0. The van der Waals surface area contributed by atoms with Gasteiger partial charge >= 0.3 is 12.1 Å². The van der Waals surface area contributed by atoms with E-state index in [1.807, 2.05) is 44.2 Å². The molecule has 3 N–H and O–H groups in total. The van der Waals surface area contributed by atoms with E-state index in [1.165, 1.54) is 0 Å². The van der Waals surface area contributed by atoms with Crippen molar-refractivity contribution in [2.45, 2.75) is 64.9 Å². The highest BCUT2D eigenvalue weighted by atomic mass is 16.6. The van der Waals surface area contributed by atoms with Gasteiger partial charge in [0.05, 0.1) is 5.54 Å². The molecule has 0 aromatic heterocycles.